The maximum Gasteiger partial charge on any atom is 0.322 e. The van der Waals surface area contributed by atoms with E-state index in [2.05, 4.69) is 20.5 Å². The quantitative estimate of drug-likeness (QED) is 0.700. The van der Waals surface area contributed by atoms with E-state index in [-0.39, 0.29) is 30.9 Å². The van der Waals surface area contributed by atoms with Crippen molar-refractivity contribution in [2.24, 2.45) is 0 Å². The van der Waals surface area contributed by atoms with Crippen LogP contribution in [0.4, 0.5) is 16.2 Å². The number of aliphatic hydroxyl groups is 1. The lowest BCUT2D eigenvalue weighted by Crippen LogP contribution is -2.52. The summed E-state index contributed by atoms with van der Waals surface area (Å²) >= 11 is 0. The number of likely N-dealkylation sites (tertiary alicyclic amines) is 1. The first-order valence-corrected chi connectivity index (χ1v) is 10.8. The molecule has 8 heteroatoms. The number of carbonyl (C=O) groups excluding carboxylic acids is 2. The molecule has 4 rings (SSSR count). The Balaban J connectivity index is 1.32. The molecule has 0 saturated carbocycles. The molecule has 1 aromatic carbocycles. The molecule has 164 valence electrons. The second kappa shape index (κ2) is 9.34. The zero-order chi connectivity index (χ0) is 21.8. The highest BCUT2D eigenvalue weighted by atomic mass is 16.3. The zero-order valence-corrected chi connectivity index (χ0v) is 17.7. The number of amides is 3. The van der Waals surface area contributed by atoms with Crippen LogP contribution < -0.4 is 15.5 Å². The Labute approximate surface area is 182 Å². The molecule has 2 aliphatic rings. The van der Waals surface area contributed by atoms with Gasteiger partial charge in [-0.3, -0.25) is 9.78 Å². The number of nitrogens with zero attached hydrogens (tertiary/aromatic N) is 3. The number of hydrogen-bond acceptors (Lipinski definition) is 5. The minimum atomic E-state index is -0.701. The Morgan fingerprint density at radius 1 is 1.06 bits per heavy atom. The van der Waals surface area contributed by atoms with Crippen molar-refractivity contribution in [2.45, 2.75) is 44.4 Å². The first-order valence-electron chi connectivity index (χ1n) is 10.8. The first kappa shape index (κ1) is 21.1. The van der Waals surface area contributed by atoms with Gasteiger partial charge in [0.05, 0.1) is 6.10 Å². The Bertz CT molecular complexity index is 897. The number of piperidine rings is 1. The molecule has 0 aliphatic carbocycles. The van der Waals surface area contributed by atoms with E-state index < -0.39 is 12.1 Å². The summed E-state index contributed by atoms with van der Waals surface area (Å²) < 4.78 is 0. The van der Waals surface area contributed by atoms with Gasteiger partial charge in [-0.05, 0) is 44.0 Å². The number of hydrogen-bond donors (Lipinski definition) is 3. The molecule has 0 spiro atoms. The molecule has 1 aromatic heterocycles. The van der Waals surface area contributed by atoms with Crippen LogP contribution in [0.15, 0.2) is 48.8 Å². The number of urea groups is 1. The average Bonchev–Trinajstić information content (AvgIpc) is 3.18. The highest BCUT2D eigenvalue weighted by Crippen LogP contribution is 2.22. The summed E-state index contributed by atoms with van der Waals surface area (Å²) in [6.45, 7) is 3.82. The van der Waals surface area contributed by atoms with Gasteiger partial charge in [-0.1, -0.05) is 17.7 Å². The molecule has 0 radical (unpaired) electrons. The number of aliphatic hydroxyl groups excluding tert-OH is 1. The number of β-amino-alcohol motifs (C(OH)–C–C–N with tert-alkyl or cyclic N) is 1. The van der Waals surface area contributed by atoms with Crippen LogP contribution in [0, 0.1) is 6.92 Å². The zero-order valence-electron chi connectivity index (χ0n) is 17.7. The highest BCUT2D eigenvalue weighted by Gasteiger charge is 2.39. The van der Waals surface area contributed by atoms with Crippen LogP contribution in [0.5, 0.6) is 0 Å². The lowest BCUT2D eigenvalue weighted by atomic mass is 10.0. The van der Waals surface area contributed by atoms with Crippen molar-refractivity contribution in [1.29, 1.82) is 0 Å². The monoisotopic (exact) mass is 423 g/mol. The van der Waals surface area contributed by atoms with E-state index in [1.54, 1.807) is 12.4 Å². The van der Waals surface area contributed by atoms with Crippen molar-refractivity contribution >= 4 is 23.3 Å². The second-order valence-corrected chi connectivity index (χ2v) is 8.33. The molecule has 0 unspecified atom stereocenters. The van der Waals surface area contributed by atoms with Gasteiger partial charge in [-0.2, -0.15) is 0 Å². The fourth-order valence-electron chi connectivity index (χ4n) is 4.25. The van der Waals surface area contributed by atoms with Crippen LogP contribution in [-0.2, 0) is 4.79 Å². The van der Waals surface area contributed by atoms with Crippen molar-refractivity contribution < 1.29 is 14.7 Å². The number of rotatable bonds is 4. The molecule has 31 heavy (non-hydrogen) atoms. The summed E-state index contributed by atoms with van der Waals surface area (Å²) in [7, 11) is 0. The van der Waals surface area contributed by atoms with Crippen LogP contribution in [-0.4, -0.2) is 64.8 Å². The van der Waals surface area contributed by atoms with E-state index in [0.717, 1.165) is 37.2 Å². The third kappa shape index (κ3) is 5.14. The van der Waals surface area contributed by atoms with Gasteiger partial charge in [0.15, 0.2) is 0 Å². The molecule has 2 aliphatic heterocycles. The van der Waals surface area contributed by atoms with Crippen LogP contribution in [0.3, 0.4) is 0 Å². The molecule has 2 aromatic rings. The molecule has 3 amide bonds. The van der Waals surface area contributed by atoms with Gasteiger partial charge in [0, 0.05) is 55.9 Å². The highest BCUT2D eigenvalue weighted by molar-refractivity contribution is 5.94. The summed E-state index contributed by atoms with van der Waals surface area (Å²) in [5, 5.41) is 16.1. The number of benzene rings is 1. The molecule has 8 nitrogen and oxygen atoms in total. The number of carbonyl (C=O) groups is 2. The van der Waals surface area contributed by atoms with E-state index in [9.17, 15) is 14.7 Å². The lowest BCUT2D eigenvalue weighted by molar-refractivity contribution is -0.125. The summed E-state index contributed by atoms with van der Waals surface area (Å²) in [6, 6.07) is 10.5. The van der Waals surface area contributed by atoms with Crippen LogP contribution in [0.25, 0.3) is 0 Å². The Hall–Kier alpha value is -3.13. The topological polar surface area (TPSA) is 97.8 Å². The van der Waals surface area contributed by atoms with E-state index in [1.165, 1.54) is 4.90 Å². The van der Waals surface area contributed by atoms with Gasteiger partial charge in [-0.25, -0.2) is 4.79 Å². The predicted molar refractivity (Wildman–Crippen MR) is 119 cm³/mol. The fraction of sp³-hybridized carbons (Fsp3) is 0.435. The lowest BCUT2D eigenvalue weighted by Gasteiger charge is -2.34. The standard InChI is InChI=1S/C23H29N5O3/c1-16-2-4-17(5-3-16)26-23(31)28-15-20(29)14-21(28)22(30)25-18-8-12-27(13-9-18)19-6-10-24-11-7-19/h2-7,10-11,18,20-21,29H,8-9,12-15H2,1H3,(H,25,30)(H,26,31)/t20-,21-/m1/s1. The second-order valence-electron chi connectivity index (χ2n) is 8.33. The van der Waals surface area contributed by atoms with Crippen LogP contribution >= 0.6 is 0 Å². The maximum absolute atomic E-state index is 13.0. The van der Waals surface area contributed by atoms with Gasteiger partial charge in [0.2, 0.25) is 5.91 Å². The van der Waals surface area contributed by atoms with Gasteiger partial charge >= 0.3 is 6.03 Å². The number of nitrogens with one attached hydrogen (secondary N) is 2. The molecule has 3 N–H and O–H groups in total. The Kier molecular flexibility index (Phi) is 6.36. The molecular weight excluding hydrogens is 394 g/mol. The normalized spacial score (nSPS) is 21.7. The van der Waals surface area contributed by atoms with Crippen molar-refractivity contribution in [3.63, 3.8) is 0 Å². The summed E-state index contributed by atoms with van der Waals surface area (Å²) in [5.41, 5.74) is 2.90. The van der Waals surface area contributed by atoms with Crippen molar-refractivity contribution in [3.05, 3.63) is 54.4 Å². The number of anilines is 2. The summed E-state index contributed by atoms with van der Waals surface area (Å²) in [6.07, 6.45) is 4.78. The predicted octanol–water partition coefficient (Wildman–Crippen LogP) is 2.14. The fourth-order valence-corrected chi connectivity index (χ4v) is 4.25. The third-order valence-corrected chi connectivity index (χ3v) is 6.01. The van der Waals surface area contributed by atoms with Crippen molar-refractivity contribution in [3.8, 4) is 0 Å². The SMILES string of the molecule is Cc1ccc(NC(=O)N2C[C@H](O)C[C@@H]2C(=O)NC2CCN(c3ccncc3)CC2)cc1. The Morgan fingerprint density at radius 2 is 1.74 bits per heavy atom. The van der Waals surface area contributed by atoms with Gasteiger partial charge in [0.25, 0.3) is 0 Å². The van der Waals surface area contributed by atoms with Crippen LogP contribution in [0.1, 0.15) is 24.8 Å². The smallest absolute Gasteiger partial charge is 0.322 e. The van der Waals surface area contributed by atoms with Crippen molar-refractivity contribution in [1.82, 2.24) is 15.2 Å². The first-order chi connectivity index (χ1) is 15.0. The molecular formula is C23H29N5O3. The Morgan fingerprint density at radius 3 is 2.42 bits per heavy atom. The van der Waals surface area contributed by atoms with Crippen molar-refractivity contribution in [2.75, 3.05) is 29.9 Å². The van der Waals surface area contributed by atoms with Gasteiger partial charge in [0.1, 0.15) is 6.04 Å². The molecule has 2 atom stereocenters. The molecule has 2 saturated heterocycles. The van der Waals surface area contributed by atoms with Gasteiger partial charge in [-0.15, -0.1) is 0 Å². The van der Waals surface area contributed by atoms with Crippen LogP contribution in [0.2, 0.25) is 0 Å². The minimum absolute atomic E-state index is 0.0605. The number of pyridine rings is 1. The van der Waals surface area contributed by atoms with E-state index in [4.69, 9.17) is 0 Å². The minimum Gasteiger partial charge on any atom is -0.391 e. The van der Waals surface area contributed by atoms with Gasteiger partial charge < -0.3 is 25.5 Å². The van der Waals surface area contributed by atoms with E-state index in [1.807, 2.05) is 43.3 Å². The molecule has 0 bridgehead atoms. The largest absolute Gasteiger partial charge is 0.391 e. The van der Waals surface area contributed by atoms with E-state index in [0.29, 0.717) is 5.69 Å². The molecule has 3 heterocycles. The maximum atomic E-state index is 13.0. The summed E-state index contributed by atoms with van der Waals surface area (Å²) in [5.74, 6) is -0.196. The van der Waals surface area contributed by atoms with E-state index >= 15 is 0 Å². The molecule has 2 fully saturated rings. The average molecular weight is 424 g/mol. The number of aryl methyl sites for hydroxylation is 1. The third-order valence-electron chi connectivity index (χ3n) is 6.01. The summed E-state index contributed by atoms with van der Waals surface area (Å²) in [4.78, 5) is 33.5. The number of aromatic nitrogens is 1.